The number of esters is 1. The molecule has 0 aromatic carbocycles. The summed E-state index contributed by atoms with van der Waals surface area (Å²) in [5, 5.41) is 34.5. The molecule has 0 unspecified atom stereocenters. The zero-order valence-corrected chi connectivity index (χ0v) is 13.3. The summed E-state index contributed by atoms with van der Waals surface area (Å²) < 4.78 is 4.61. The van der Waals surface area contributed by atoms with Gasteiger partial charge in [-0.3, -0.25) is 0 Å². The van der Waals surface area contributed by atoms with Crippen molar-refractivity contribution in [3.63, 3.8) is 0 Å². The van der Waals surface area contributed by atoms with Gasteiger partial charge in [0.1, 0.15) is 0 Å². The predicted molar refractivity (Wildman–Crippen MR) is 81.1 cm³/mol. The molecular weight excluding hydrogens is 292 g/mol. The normalized spacial score (nSPS) is 11.3. The Balaban J connectivity index is 0. The molecule has 0 radical (unpaired) electrons. The van der Waals surface area contributed by atoms with Crippen molar-refractivity contribution in [3.05, 3.63) is 23.8 Å². The molecule has 4 N–H and O–H groups in total. The highest BCUT2D eigenvalue weighted by Gasteiger charge is 2.24. The third-order valence-electron chi connectivity index (χ3n) is 3.02. The minimum absolute atomic E-state index is 0.0433. The van der Waals surface area contributed by atoms with Gasteiger partial charge in [0, 0.05) is 11.0 Å². The van der Waals surface area contributed by atoms with E-state index < -0.39 is 17.4 Å². The highest BCUT2D eigenvalue weighted by molar-refractivity contribution is 5.94. The molecule has 0 aliphatic rings. The first-order valence-electron chi connectivity index (χ1n) is 6.83. The SMILES string of the molecule is C=C(C=C(C)C(=O)O)C(=O)OCC.CCC(CO)(CO)CO. The van der Waals surface area contributed by atoms with E-state index in [4.69, 9.17) is 20.4 Å². The average Bonchev–Trinajstić information content (AvgIpc) is 2.50. The maximum absolute atomic E-state index is 10.9. The third kappa shape index (κ3) is 8.56. The van der Waals surface area contributed by atoms with E-state index in [1.165, 1.54) is 13.0 Å². The van der Waals surface area contributed by atoms with Gasteiger partial charge in [-0.1, -0.05) is 13.5 Å². The monoisotopic (exact) mass is 318 g/mol. The summed E-state index contributed by atoms with van der Waals surface area (Å²) in [6, 6.07) is 0. The minimum Gasteiger partial charge on any atom is -0.478 e. The second-order valence-corrected chi connectivity index (χ2v) is 4.71. The number of aliphatic hydroxyl groups excluding tert-OH is 3. The Morgan fingerprint density at radius 2 is 1.59 bits per heavy atom. The lowest BCUT2D eigenvalue weighted by atomic mass is 9.88. The van der Waals surface area contributed by atoms with Gasteiger partial charge in [-0.2, -0.15) is 0 Å². The third-order valence-corrected chi connectivity index (χ3v) is 3.02. The van der Waals surface area contributed by atoms with Crippen LogP contribution in [-0.4, -0.2) is 58.8 Å². The van der Waals surface area contributed by atoms with Crippen LogP contribution in [0.4, 0.5) is 0 Å². The van der Waals surface area contributed by atoms with Crippen LogP contribution in [0.25, 0.3) is 0 Å². The number of rotatable bonds is 8. The first-order valence-corrected chi connectivity index (χ1v) is 6.83. The Morgan fingerprint density at radius 3 is 1.82 bits per heavy atom. The Morgan fingerprint density at radius 1 is 1.14 bits per heavy atom. The van der Waals surface area contributed by atoms with Crippen LogP contribution in [0.1, 0.15) is 27.2 Å². The van der Waals surface area contributed by atoms with Crippen molar-refractivity contribution >= 4 is 11.9 Å². The average molecular weight is 318 g/mol. The maximum Gasteiger partial charge on any atom is 0.337 e. The van der Waals surface area contributed by atoms with Gasteiger partial charge >= 0.3 is 11.9 Å². The van der Waals surface area contributed by atoms with E-state index in [2.05, 4.69) is 11.3 Å². The summed E-state index contributed by atoms with van der Waals surface area (Å²) in [6.45, 7) is 8.03. The van der Waals surface area contributed by atoms with E-state index in [0.29, 0.717) is 6.42 Å². The summed E-state index contributed by atoms with van der Waals surface area (Å²) >= 11 is 0. The molecule has 22 heavy (non-hydrogen) atoms. The summed E-state index contributed by atoms with van der Waals surface area (Å²) in [7, 11) is 0. The molecule has 0 aromatic rings. The standard InChI is InChI=1S/C9H12O4.C6H14O3/c1-4-13-9(12)7(3)5-6(2)8(10)11;1-2-6(3-7,4-8)5-9/h5H,3-4H2,1-2H3,(H,10,11);7-9H,2-5H2,1H3. The Labute approximate surface area is 130 Å². The van der Waals surface area contributed by atoms with Crippen LogP contribution in [0, 0.1) is 5.41 Å². The fourth-order valence-corrected chi connectivity index (χ4v) is 1.09. The Hall–Kier alpha value is -1.70. The van der Waals surface area contributed by atoms with Crippen LogP contribution in [0.2, 0.25) is 0 Å². The molecule has 0 aliphatic carbocycles. The number of carboxylic acid groups (broad SMARTS) is 1. The van der Waals surface area contributed by atoms with Gasteiger partial charge in [-0.15, -0.1) is 0 Å². The molecule has 0 aliphatic heterocycles. The molecule has 0 spiro atoms. The van der Waals surface area contributed by atoms with Crippen LogP contribution in [0.5, 0.6) is 0 Å². The van der Waals surface area contributed by atoms with Crippen LogP contribution in [0.3, 0.4) is 0 Å². The summed E-state index contributed by atoms with van der Waals surface area (Å²) in [5.74, 6) is -1.67. The van der Waals surface area contributed by atoms with Gasteiger partial charge in [0.2, 0.25) is 0 Å². The van der Waals surface area contributed by atoms with Crippen molar-refractivity contribution in [2.45, 2.75) is 27.2 Å². The zero-order chi connectivity index (χ0) is 17.8. The number of carboxylic acids is 1. The Kier molecular flexibility index (Phi) is 12.2. The van der Waals surface area contributed by atoms with E-state index in [9.17, 15) is 9.59 Å². The lowest BCUT2D eigenvalue weighted by Gasteiger charge is -2.24. The molecule has 7 heteroatoms. The van der Waals surface area contributed by atoms with E-state index in [1.54, 1.807) is 6.92 Å². The van der Waals surface area contributed by atoms with Gasteiger partial charge in [0.05, 0.1) is 32.0 Å². The molecule has 0 aromatic heterocycles. The van der Waals surface area contributed by atoms with E-state index in [1.807, 2.05) is 6.92 Å². The highest BCUT2D eigenvalue weighted by atomic mass is 16.5. The van der Waals surface area contributed by atoms with Crippen molar-refractivity contribution in [2.75, 3.05) is 26.4 Å². The van der Waals surface area contributed by atoms with Crippen LogP contribution in [-0.2, 0) is 14.3 Å². The molecule has 0 saturated carbocycles. The van der Waals surface area contributed by atoms with Crippen molar-refractivity contribution in [2.24, 2.45) is 5.41 Å². The summed E-state index contributed by atoms with van der Waals surface area (Å²) in [6.07, 6.45) is 1.77. The topological polar surface area (TPSA) is 124 Å². The van der Waals surface area contributed by atoms with E-state index in [-0.39, 0.29) is 37.6 Å². The molecular formula is C15H26O7. The molecule has 0 amide bonds. The molecule has 0 bridgehead atoms. The Bertz CT molecular complexity index is 377. The van der Waals surface area contributed by atoms with Gasteiger partial charge in [0.25, 0.3) is 0 Å². The molecule has 0 atom stereocenters. The summed E-state index contributed by atoms with van der Waals surface area (Å²) in [5.41, 5.74) is -0.570. The number of aliphatic hydroxyl groups is 3. The largest absolute Gasteiger partial charge is 0.478 e. The van der Waals surface area contributed by atoms with Gasteiger partial charge < -0.3 is 25.2 Å². The number of carbonyl (C=O) groups excluding carboxylic acids is 1. The molecule has 0 fully saturated rings. The molecule has 0 heterocycles. The summed E-state index contributed by atoms with van der Waals surface area (Å²) in [4.78, 5) is 21.3. The van der Waals surface area contributed by atoms with Gasteiger partial charge in [0.15, 0.2) is 0 Å². The van der Waals surface area contributed by atoms with Crippen LogP contribution >= 0.6 is 0 Å². The van der Waals surface area contributed by atoms with Gasteiger partial charge in [-0.05, 0) is 26.3 Å². The van der Waals surface area contributed by atoms with Crippen molar-refractivity contribution in [1.82, 2.24) is 0 Å². The zero-order valence-electron chi connectivity index (χ0n) is 13.3. The maximum atomic E-state index is 10.9. The van der Waals surface area contributed by atoms with Crippen molar-refractivity contribution in [1.29, 1.82) is 0 Å². The second kappa shape index (κ2) is 11.9. The predicted octanol–water partition coefficient (Wildman–Crippen LogP) is 0.496. The smallest absolute Gasteiger partial charge is 0.337 e. The number of hydrogen-bond acceptors (Lipinski definition) is 6. The molecule has 0 rings (SSSR count). The number of hydrogen-bond donors (Lipinski definition) is 4. The van der Waals surface area contributed by atoms with Crippen LogP contribution in [0.15, 0.2) is 23.8 Å². The number of aliphatic carboxylic acids is 1. The number of ether oxygens (including phenoxy) is 1. The molecule has 7 nitrogen and oxygen atoms in total. The van der Waals surface area contributed by atoms with Crippen molar-refractivity contribution in [3.8, 4) is 0 Å². The highest BCUT2D eigenvalue weighted by Crippen LogP contribution is 2.18. The lowest BCUT2D eigenvalue weighted by Crippen LogP contribution is -2.32. The fourth-order valence-electron chi connectivity index (χ4n) is 1.09. The number of carbonyl (C=O) groups is 2. The van der Waals surface area contributed by atoms with Gasteiger partial charge in [-0.25, -0.2) is 9.59 Å². The molecule has 0 saturated heterocycles. The lowest BCUT2D eigenvalue weighted by molar-refractivity contribution is -0.138. The van der Waals surface area contributed by atoms with E-state index >= 15 is 0 Å². The van der Waals surface area contributed by atoms with E-state index in [0.717, 1.165) is 0 Å². The fraction of sp³-hybridized carbons (Fsp3) is 0.600. The first kappa shape index (κ1) is 22.6. The molecule has 128 valence electrons. The van der Waals surface area contributed by atoms with Crippen molar-refractivity contribution < 1.29 is 34.8 Å². The first-order chi connectivity index (χ1) is 10.2. The minimum atomic E-state index is -1.08. The second-order valence-electron chi connectivity index (χ2n) is 4.71. The van der Waals surface area contributed by atoms with Crippen LogP contribution < -0.4 is 0 Å². The quantitative estimate of drug-likeness (QED) is 0.292.